The largest absolute Gasteiger partial charge is 0.481 e. The SMILES string of the molecule is COc1c([C@@H]2CCCN2[C@@H]2CCOC2=O)c(C)nn1C. The Balaban J connectivity index is 1.94. The van der Waals surface area contributed by atoms with E-state index < -0.39 is 0 Å². The lowest BCUT2D eigenvalue weighted by atomic mass is 10.0. The minimum Gasteiger partial charge on any atom is -0.481 e. The number of cyclic esters (lactones) is 1. The zero-order chi connectivity index (χ0) is 14.3. The Morgan fingerprint density at radius 1 is 1.35 bits per heavy atom. The fraction of sp³-hybridized carbons (Fsp3) is 0.714. The summed E-state index contributed by atoms with van der Waals surface area (Å²) in [6.45, 7) is 3.47. The van der Waals surface area contributed by atoms with Gasteiger partial charge in [-0.2, -0.15) is 5.10 Å². The molecule has 0 saturated carbocycles. The Hall–Kier alpha value is -1.56. The molecule has 110 valence electrons. The van der Waals surface area contributed by atoms with Crippen molar-refractivity contribution in [2.45, 2.75) is 38.3 Å². The highest BCUT2D eigenvalue weighted by Crippen LogP contribution is 2.41. The molecule has 0 N–H and O–H groups in total. The molecule has 0 aromatic carbocycles. The molecule has 0 unspecified atom stereocenters. The van der Waals surface area contributed by atoms with Crippen LogP contribution in [0.1, 0.15) is 36.6 Å². The third-order valence-corrected chi connectivity index (χ3v) is 4.34. The summed E-state index contributed by atoms with van der Waals surface area (Å²) in [4.78, 5) is 14.1. The van der Waals surface area contributed by atoms with Gasteiger partial charge in [0.25, 0.3) is 0 Å². The van der Waals surface area contributed by atoms with Crippen molar-refractivity contribution in [3.05, 3.63) is 11.3 Å². The summed E-state index contributed by atoms with van der Waals surface area (Å²) in [6, 6.07) is 0.0983. The molecule has 20 heavy (non-hydrogen) atoms. The molecule has 6 nitrogen and oxygen atoms in total. The molecule has 2 fully saturated rings. The standard InChI is InChI=1S/C14H21N3O3/c1-9-12(13(19-3)16(2)15-9)10-5-4-7-17(10)11-6-8-20-14(11)18/h10-11H,4-8H2,1-3H3/t10-,11+/m0/s1. The van der Waals surface area contributed by atoms with E-state index in [9.17, 15) is 4.79 Å². The van der Waals surface area contributed by atoms with Crippen molar-refractivity contribution in [1.29, 1.82) is 0 Å². The van der Waals surface area contributed by atoms with Gasteiger partial charge in [0.05, 0.1) is 25.0 Å². The summed E-state index contributed by atoms with van der Waals surface area (Å²) in [5, 5.41) is 4.46. The summed E-state index contributed by atoms with van der Waals surface area (Å²) in [6.07, 6.45) is 2.91. The van der Waals surface area contributed by atoms with E-state index in [1.807, 2.05) is 14.0 Å². The quantitative estimate of drug-likeness (QED) is 0.778. The molecular weight excluding hydrogens is 258 g/mol. The van der Waals surface area contributed by atoms with E-state index in [-0.39, 0.29) is 18.1 Å². The maximum absolute atomic E-state index is 11.9. The summed E-state index contributed by atoms with van der Waals surface area (Å²) in [7, 11) is 3.56. The van der Waals surface area contributed by atoms with Crippen LogP contribution >= 0.6 is 0 Å². The zero-order valence-corrected chi connectivity index (χ0v) is 12.3. The van der Waals surface area contributed by atoms with Crippen LogP contribution in [0.25, 0.3) is 0 Å². The number of likely N-dealkylation sites (tertiary alicyclic amines) is 1. The van der Waals surface area contributed by atoms with Crippen molar-refractivity contribution in [3.63, 3.8) is 0 Å². The van der Waals surface area contributed by atoms with Gasteiger partial charge in [0.15, 0.2) is 0 Å². The first-order chi connectivity index (χ1) is 9.63. The van der Waals surface area contributed by atoms with Crippen LogP contribution in [-0.4, -0.2) is 47.0 Å². The van der Waals surface area contributed by atoms with Crippen LogP contribution in [0.2, 0.25) is 0 Å². The molecule has 2 aliphatic rings. The van der Waals surface area contributed by atoms with Crippen molar-refractivity contribution in [2.75, 3.05) is 20.3 Å². The minimum absolute atomic E-state index is 0.0857. The van der Waals surface area contributed by atoms with Crippen LogP contribution in [0.4, 0.5) is 0 Å². The first-order valence-electron chi connectivity index (χ1n) is 7.13. The fourth-order valence-corrected chi connectivity index (χ4v) is 3.54. The summed E-state index contributed by atoms with van der Waals surface area (Å²) < 4.78 is 12.4. The Kier molecular flexibility index (Phi) is 3.41. The Bertz CT molecular complexity index is 526. The number of hydrogen-bond acceptors (Lipinski definition) is 5. The molecular formula is C14H21N3O3. The number of aromatic nitrogens is 2. The molecule has 0 amide bonds. The van der Waals surface area contributed by atoms with Crippen LogP contribution in [0, 0.1) is 6.92 Å². The number of carbonyl (C=O) groups excluding carboxylic acids is 1. The highest BCUT2D eigenvalue weighted by molar-refractivity contribution is 5.77. The first kappa shape index (κ1) is 13.4. The Morgan fingerprint density at radius 2 is 2.15 bits per heavy atom. The highest BCUT2D eigenvalue weighted by atomic mass is 16.5. The number of methoxy groups -OCH3 is 1. The lowest BCUT2D eigenvalue weighted by Crippen LogP contribution is -2.38. The van der Waals surface area contributed by atoms with E-state index in [0.29, 0.717) is 6.61 Å². The fourth-order valence-electron chi connectivity index (χ4n) is 3.54. The van der Waals surface area contributed by atoms with E-state index in [1.54, 1.807) is 11.8 Å². The maximum atomic E-state index is 11.9. The molecule has 0 aliphatic carbocycles. The summed E-state index contributed by atoms with van der Waals surface area (Å²) >= 11 is 0. The number of hydrogen-bond donors (Lipinski definition) is 0. The van der Waals surface area contributed by atoms with Crippen molar-refractivity contribution < 1.29 is 14.3 Å². The van der Waals surface area contributed by atoms with E-state index in [4.69, 9.17) is 9.47 Å². The van der Waals surface area contributed by atoms with E-state index in [1.165, 1.54) is 0 Å². The maximum Gasteiger partial charge on any atom is 0.323 e. The second kappa shape index (κ2) is 5.09. The predicted octanol–water partition coefficient (Wildman–Crippen LogP) is 1.19. The highest BCUT2D eigenvalue weighted by Gasteiger charge is 2.41. The monoisotopic (exact) mass is 279 g/mol. The van der Waals surface area contributed by atoms with Gasteiger partial charge < -0.3 is 9.47 Å². The van der Waals surface area contributed by atoms with Gasteiger partial charge in [-0.15, -0.1) is 0 Å². The molecule has 1 aromatic heterocycles. The van der Waals surface area contributed by atoms with E-state index in [0.717, 1.165) is 42.9 Å². The lowest BCUT2D eigenvalue weighted by Gasteiger charge is -2.28. The van der Waals surface area contributed by atoms with Crippen molar-refractivity contribution >= 4 is 5.97 Å². The smallest absolute Gasteiger partial charge is 0.323 e. The molecule has 6 heteroatoms. The van der Waals surface area contributed by atoms with Crippen LogP contribution in [0.5, 0.6) is 5.88 Å². The summed E-state index contributed by atoms with van der Waals surface area (Å²) in [5.41, 5.74) is 2.10. The van der Waals surface area contributed by atoms with Crippen LogP contribution < -0.4 is 4.74 Å². The van der Waals surface area contributed by atoms with Gasteiger partial charge in [-0.05, 0) is 26.3 Å². The molecule has 0 radical (unpaired) electrons. The van der Waals surface area contributed by atoms with Crippen LogP contribution in [0.15, 0.2) is 0 Å². The zero-order valence-electron chi connectivity index (χ0n) is 12.3. The van der Waals surface area contributed by atoms with Gasteiger partial charge in [0.2, 0.25) is 5.88 Å². The Labute approximate surface area is 118 Å². The average molecular weight is 279 g/mol. The molecule has 2 saturated heterocycles. The third-order valence-electron chi connectivity index (χ3n) is 4.34. The van der Waals surface area contributed by atoms with Gasteiger partial charge in [-0.25, -0.2) is 4.68 Å². The van der Waals surface area contributed by atoms with E-state index in [2.05, 4.69) is 10.00 Å². The average Bonchev–Trinajstić information content (AvgIpc) is 3.08. The normalized spacial score (nSPS) is 27.1. The molecule has 2 atom stereocenters. The lowest BCUT2D eigenvalue weighted by molar-refractivity contribution is -0.142. The van der Waals surface area contributed by atoms with E-state index >= 15 is 0 Å². The van der Waals surface area contributed by atoms with Crippen molar-refractivity contribution in [1.82, 2.24) is 14.7 Å². The van der Waals surface area contributed by atoms with Gasteiger partial charge in [-0.3, -0.25) is 9.69 Å². The molecule has 3 rings (SSSR count). The molecule has 2 aliphatic heterocycles. The van der Waals surface area contributed by atoms with Gasteiger partial charge in [-0.1, -0.05) is 0 Å². The van der Waals surface area contributed by atoms with Crippen LogP contribution in [-0.2, 0) is 16.6 Å². The van der Waals surface area contributed by atoms with Gasteiger partial charge >= 0.3 is 5.97 Å². The minimum atomic E-state index is -0.105. The Morgan fingerprint density at radius 3 is 2.80 bits per heavy atom. The van der Waals surface area contributed by atoms with Crippen molar-refractivity contribution in [3.8, 4) is 5.88 Å². The third kappa shape index (κ3) is 1.98. The molecule has 3 heterocycles. The van der Waals surface area contributed by atoms with Gasteiger partial charge in [0, 0.05) is 19.5 Å². The number of nitrogens with zero attached hydrogens (tertiary/aromatic N) is 3. The molecule has 0 spiro atoms. The number of carbonyl (C=O) groups is 1. The number of aryl methyl sites for hydroxylation is 2. The number of rotatable bonds is 3. The number of esters is 1. The first-order valence-corrected chi connectivity index (χ1v) is 7.13. The summed E-state index contributed by atoms with van der Waals surface area (Å²) in [5.74, 6) is 0.711. The second-order valence-electron chi connectivity index (χ2n) is 5.50. The van der Waals surface area contributed by atoms with Gasteiger partial charge in [0.1, 0.15) is 6.04 Å². The van der Waals surface area contributed by atoms with Crippen molar-refractivity contribution in [2.24, 2.45) is 7.05 Å². The topological polar surface area (TPSA) is 56.6 Å². The van der Waals surface area contributed by atoms with Crippen LogP contribution in [0.3, 0.4) is 0 Å². The number of ether oxygens (including phenoxy) is 2. The predicted molar refractivity (Wildman–Crippen MR) is 72.5 cm³/mol. The molecule has 0 bridgehead atoms. The molecule has 1 aromatic rings. The second-order valence-corrected chi connectivity index (χ2v) is 5.50.